The van der Waals surface area contributed by atoms with Gasteiger partial charge in [0.15, 0.2) is 5.05 Å². The van der Waals surface area contributed by atoms with Gasteiger partial charge >= 0.3 is 5.97 Å². The number of ether oxygens (including phenoxy) is 1. The molecule has 108 valence electrons. The number of carbonyl (C=O) groups excluding carboxylic acids is 1. The van der Waals surface area contributed by atoms with Crippen molar-refractivity contribution in [3.05, 3.63) is 71.8 Å². The van der Waals surface area contributed by atoms with E-state index in [0.29, 0.717) is 12.8 Å². The fraction of sp³-hybridized carbons (Fsp3) is 0.176. The van der Waals surface area contributed by atoms with E-state index in [2.05, 4.69) is 0 Å². The summed E-state index contributed by atoms with van der Waals surface area (Å²) >= 11 is 5.10. The summed E-state index contributed by atoms with van der Waals surface area (Å²) in [4.78, 5) is 11.9. The Balaban J connectivity index is 1.84. The lowest BCUT2D eigenvalue weighted by Crippen LogP contribution is -2.35. The Morgan fingerprint density at radius 3 is 2.10 bits per heavy atom. The molecule has 0 amide bonds. The molecule has 2 aromatic rings. The lowest BCUT2D eigenvalue weighted by Gasteiger charge is -2.12. The minimum absolute atomic E-state index is 0.245. The van der Waals surface area contributed by atoms with Gasteiger partial charge in [-0.15, -0.1) is 0 Å². The average Bonchev–Trinajstić information content (AvgIpc) is 2.49. The Kier molecular flexibility index (Phi) is 5.60. The molecule has 21 heavy (non-hydrogen) atoms. The van der Waals surface area contributed by atoms with E-state index in [9.17, 15) is 4.79 Å². The van der Waals surface area contributed by atoms with E-state index in [1.807, 2.05) is 60.7 Å². The van der Waals surface area contributed by atoms with Crippen LogP contribution >= 0.6 is 12.2 Å². The van der Waals surface area contributed by atoms with Crippen LogP contribution in [0.3, 0.4) is 0 Å². The summed E-state index contributed by atoms with van der Waals surface area (Å²) in [5.74, 6) is -0.486. The van der Waals surface area contributed by atoms with Crippen molar-refractivity contribution in [1.29, 1.82) is 0 Å². The van der Waals surface area contributed by atoms with Gasteiger partial charge in [0.2, 0.25) is 0 Å². The van der Waals surface area contributed by atoms with Crippen LogP contribution in [0.25, 0.3) is 0 Å². The molecule has 0 aliphatic rings. The summed E-state index contributed by atoms with van der Waals surface area (Å²) in [6, 6.07) is 18.5. The SMILES string of the molecule is N[C@@H](Cc1ccccc1)C(=O)OC(=S)Cc1ccccc1. The minimum Gasteiger partial charge on any atom is -0.418 e. The van der Waals surface area contributed by atoms with Crippen LogP contribution in [0.2, 0.25) is 0 Å². The van der Waals surface area contributed by atoms with E-state index < -0.39 is 12.0 Å². The van der Waals surface area contributed by atoms with E-state index in [0.717, 1.165) is 11.1 Å². The van der Waals surface area contributed by atoms with Gasteiger partial charge in [0.1, 0.15) is 6.04 Å². The number of esters is 1. The van der Waals surface area contributed by atoms with Crippen LogP contribution in [-0.4, -0.2) is 17.1 Å². The van der Waals surface area contributed by atoms with Crippen LogP contribution in [0, 0.1) is 0 Å². The van der Waals surface area contributed by atoms with E-state index in [4.69, 9.17) is 22.7 Å². The first kappa shape index (κ1) is 15.4. The van der Waals surface area contributed by atoms with Crippen molar-refractivity contribution in [3.8, 4) is 0 Å². The normalized spacial score (nSPS) is 11.7. The zero-order valence-corrected chi connectivity index (χ0v) is 12.4. The maximum atomic E-state index is 11.9. The zero-order valence-electron chi connectivity index (χ0n) is 11.6. The van der Waals surface area contributed by atoms with Gasteiger partial charge in [0.25, 0.3) is 0 Å². The number of thiocarbonyl (C=S) groups is 1. The molecule has 0 saturated heterocycles. The van der Waals surface area contributed by atoms with Crippen molar-refractivity contribution in [3.63, 3.8) is 0 Å². The third-order valence-corrected chi connectivity index (χ3v) is 3.23. The van der Waals surface area contributed by atoms with Gasteiger partial charge in [-0.25, -0.2) is 4.79 Å². The molecule has 2 N–H and O–H groups in total. The molecule has 0 heterocycles. The van der Waals surface area contributed by atoms with E-state index in [1.165, 1.54) is 0 Å². The summed E-state index contributed by atoms with van der Waals surface area (Å²) < 4.78 is 5.16. The largest absolute Gasteiger partial charge is 0.418 e. The van der Waals surface area contributed by atoms with E-state index in [1.54, 1.807) is 0 Å². The van der Waals surface area contributed by atoms with Crippen molar-refractivity contribution >= 4 is 23.2 Å². The molecule has 0 saturated carbocycles. The monoisotopic (exact) mass is 299 g/mol. The molecular weight excluding hydrogens is 282 g/mol. The van der Waals surface area contributed by atoms with Crippen LogP contribution in [-0.2, 0) is 22.4 Å². The molecule has 0 aliphatic heterocycles. The second-order valence-corrected chi connectivity index (χ2v) is 5.21. The molecule has 3 nitrogen and oxygen atoms in total. The van der Waals surface area contributed by atoms with Gasteiger partial charge in [-0.2, -0.15) is 0 Å². The summed E-state index contributed by atoms with van der Waals surface area (Å²) in [5, 5.41) is 0.245. The van der Waals surface area contributed by atoms with Gasteiger partial charge in [0.05, 0.1) is 0 Å². The first-order valence-corrected chi connectivity index (χ1v) is 7.14. The summed E-state index contributed by atoms with van der Waals surface area (Å²) in [7, 11) is 0. The number of hydrogen-bond acceptors (Lipinski definition) is 4. The smallest absolute Gasteiger partial charge is 0.329 e. The standard InChI is InChI=1S/C17H17NO2S/c18-15(11-13-7-3-1-4-8-13)17(19)20-16(21)12-14-9-5-2-6-10-14/h1-10,15H,11-12,18H2/t15-/m0/s1. The average molecular weight is 299 g/mol. The first-order chi connectivity index (χ1) is 10.1. The Hall–Kier alpha value is -2.04. The number of rotatable bonds is 5. The highest BCUT2D eigenvalue weighted by atomic mass is 32.1. The fourth-order valence-corrected chi connectivity index (χ4v) is 2.19. The molecule has 0 aromatic heterocycles. The first-order valence-electron chi connectivity index (χ1n) is 6.73. The minimum atomic E-state index is -0.707. The van der Waals surface area contributed by atoms with Gasteiger partial charge in [-0.3, -0.25) is 0 Å². The van der Waals surface area contributed by atoms with Gasteiger partial charge < -0.3 is 10.5 Å². The second-order valence-electron chi connectivity index (χ2n) is 4.75. The third-order valence-electron chi connectivity index (χ3n) is 3.01. The van der Waals surface area contributed by atoms with Crippen molar-refractivity contribution < 1.29 is 9.53 Å². The predicted octanol–water partition coefficient (Wildman–Crippen LogP) is 2.67. The predicted molar refractivity (Wildman–Crippen MR) is 87.0 cm³/mol. The van der Waals surface area contributed by atoms with Gasteiger partial charge in [0, 0.05) is 6.42 Å². The van der Waals surface area contributed by atoms with Crippen LogP contribution in [0.15, 0.2) is 60.7 Å². The van der Waals surface area contributed by atoms with E-state index >= 15 is 0 Å². The number of carbonyl (C=O) groups is 1. The summed E-state index contributed by atoms with van der Waals surface area (Å²) in [5.41, 5.74) is 7.86. The highest BCUT2D eigenvalue weighted by Crippen LogP contribution is 2.06. The Morgan fingerprint density at radius 2 is 1.52 bits per heavy atom. The quantitative estimate of drug-likeness (QED) is 0.681. The van der Waals surface area contributed by atoms with Crippen molar-refractivity contribution in [2.24, 2.45) is 5.73 Å². The van der Waals surface area contributed by atoms with E-state index in [-0.39, 0.29) is 5.05 Å². The molecular formula is C17H17NO2S. The molecule has 1 atom stereocenters. The maximum Gasteiger partial charge on any atom is 0.329 e. The van der Waals surface area contributed by atoms with Crippen LogP contribution in [0.1, 0.15) is 11.1 Å². The van der Waals surface area contributed by atoms with Gasteiger partial charge in [-0.05, 0) is 29.8 Å². The number of hydrogen-bond donors (Lipinski definition) is 1. The highest BCUT2D eigenvalue weighted by molar-refractivity contribution is 7.80. The van der Waals surface area contributed by atoms with Crippen molar-refractivity contribution in [2.75, 3.05) is 0 Å². The van der Waals surface area contributed by atoms with Crippen LogP contribution in [0.4, 0.5) is 0 Å². The molecule has 0 aliphatic carbocycles. The van der Waals surface area contributed by atoms with Crippen molar-refractivity contribution in [1.82, 2.24) is 0 Å². The molecule has 0 radical (unpaired) electrons. The lowest BCUT2D eigenvalue weighted by molar-refractivity contribution is -0.136. The molecule has 2 aromatic carbocycles. The molecule has 0 spiro atoms. The Morgan fingerprint density at radius 1 is 1.00 bits per heavy atom. The van der Waals surface area contributed by atoms with Crippen LogP contribution in [0.5, 0.6) is 0 Å². The Labute approximate surface area is 129 Å². The molecule has 4 heteroatoms. The molecule has 2 rings (SSSR count). The maximum absolute atomic E-state index is 11.9. The van der Waals surface area contributed by atoms with Crippen LogP contribution < -0.4 is 5.73 Å². The van der Waals surface area contributed by atoms with Gasteiger partial charge in [-0.1, -0.05) is 60.7 Å². The second kappa shape index (κ2) is 7.67. The van der Waals surface area contributed by atoms with Crippen molar-refractivity contribution in [2.45, 2.75) is 18.9 Å². The summed E-state index contributed by atoms with van der Waals surface area (Å²) in [6.45, 7) is 0. The Bertz CT molecular complexity index is 599. The lowest BCUT2D eigenvalue weighted by atomic mass is 10.1. The fourth-order valence-electron chi connectivity index (χ4n) is 1.94. The number of nitrogens with two attached hydrogens (primary N) is 1. The molecule has 0 bridgehead atoms. The number of benzene rings is 2. The zero-order chi connectivity index (χ0) is 15.1. The summed E-state index contributed by atoms with van der Waals surface area (Å²) in [6.07, 6.45) is 0.869. The molecule has 0 fully saturated rings. The topological polar surface area (TPSA) is 52.3 Å². The highest BCUT2D eigenvalue weighted by Gasteiger charge is 2.17. The third kappa shape index (κ3) is 5.10. The molecule has 0 unspecified atom stereocenters.